The average Bonchev–Trinajstić information content (AvgIpc) is 3.99. The van der Waals surface area contributed by atoms with E-state index >= 15 is 4.39 Å². The van der Waals surface area contributed by atoms with Gasteiger partial charge in [-0.25, -0.2) is 4.39 Å². The molecule has 61 heavy (non-hydrogen) atoms. The summed E-state index contributed by atoms with van der Waals surface area (Å²) in [5, 5.41) is 2.17. The summed E-state index contributed by atoms with van der Waals surface area (Å²) in [7, 11) is 0. The molecule has 1 heterocycles. The number of hydrogen-bond donors (Lipinski definition) is 0. The maximum atomic E-state index is 15.8. The predicted octanol–water partition coefficient (Wildman–Crippen LogP) is 15.5. The van der Waals surface area contributed by atoms with Crippen LogP contribution in [-0.4, -0.2) is 0 Å². The van der Waals surface area contributed by atoms with Crippen LogP contribution in [-0.2, 0) is 10.8 Å². The van der Waals surface area contributed by atoms with Crippen molar-refractivity contribution in [3.63, 3.8) is 0 Å². The van der Waals surface area contributed by atoms with Gasteiger partial charge < -0.3 is 9.32 Å². The second-order valence-electron chi connectivity index (χ2n) is 17.3. The molecule has 3 heteroatoms. The average molecular weight is 784 g/mol. The van der Waals surface area contributed by atoms with E-state index in [0.29, 0.717) is 0 Å². The molecule has 9 aromatic carbocycles. The highest BCUT2D eigenvalue weighted by molar-refractivity contribution is 6.13. The number of anilines is 3. The standard InChI is InChI=1S/C58H38FNO/c1-57(2)48-17-9-6-14-41(48)43-28-25-39(33-51(43)57)60(38-23-20-36(21-24-38)35-12-4-3-5-13-35)40-26-29-47-53(34-40)58(49-18-10-7-15-42(49)44-27-22-37(59)32-52(44)58)50-31-30-46-45-16-8-11-19-54(45)61-56(46)55(47)50/h3-34H,1-2H3. The van der Waals surface area contributed by atoms with Gasteiger partial charge in [0.05, 0.1) is 5.41 Å². The molecule has 0 radical (unpaired) electrons. The largest absolute Gasteiger partial charge is 0.455 e. The molecule has 0 fully saturated rings. The Bertz CT molecular complexity index is 3470. The SMILES string of the molecule is CC1(C)c2ccccc2-c2ccc(N(c3ccc(-c4ccccc4)cc3)c3ccc4c(c3)C3(c5ccccc5-c5ccc(F)cc53)c3ccc5c(oc6ccccc65)c3-4)cc21. The molecule has 0 bridgehead atoms. The van der Waals surface area contributed by atoms with Crippen LogP contribution >= 0.6 is 0 Å². The molecule has 10 aromatic rings. The zero-order valence-electron chi connectivity index (χ0n) is 33.7. The van der Waals surface area contributed by atoms with Crippen molar-refractivity contribution >= 4 is 39.0 Å². The molecule has 1 aromatic heterocycles. The first-order valence-electron chi connectivity index (χ1n) is 21.1. The lowest BCUT2D eigenvalue weighted by atomic mass is 9.70. The Morgan fingerprint density at radius 2 is 0.984 bits per heavy atom. The Balaban J connectivity index is 1.09. The molecule has 1 unspecified atom stereocenters. The molecule has 0 saturated heterocycles. The Morgan fingerprint density at radius 3 is 1.79 bits per heavy atom. The quantitative estimate of drug-likeness (QED) is 0.177. The summed E-state index contributed by atoms with van der Waals surface area (Å²) in [6.07, 6.45) is 0. The van der Waals surface area contributed by atoms with Gasteiger partial charge in [0.1, 0.15) is 17.0 Å². The molecule has 0 amide bonds. The second-order valence-corrected chi connectivity index (χ2v) is 17.3. The van der Waals surface area contributed by atoms with Crippen LogP contribution in [0.2, 0.25) is 0 Å². The van der Waals surface area contributed by atoms with Crippen LogP contribution in [0.15, 0.2) is 199 Å². The smallest absolute Gasteiger partial charge is 0.143 e. The third-order valence-corrected chi connectivity index (χ3v) is 14.0. The number of benzene rings is 9. The first-order valence-corrected chi connectivity index (χ1v) is 21.1. The molecule has 3 aliphatic rings. The predicted molar refractivity (Wildman–Crippen MR) is 248 cm³/mol. The van der Waals surface area contributed by atoms with Gasteiger partial charge in [-0.2, -0.15) is 0 Å². The van der Waals surface area contributed by atoms with E-state index in [1.165, 1.54) is 27.8 Å². The van der Waals surface area contributed by atoms with Crippen molar-refractivity contribution < 1.29 is 8.81 Å². The molecule has 3 aliphatic carbocycles. The molecule has 13 rings (SSSR count). The van der Waals surface area contributed by atoms with Gasteiger partial charge in [0, 0.05) is 38.8 Å². The van der Waals surface area contributed by atoms with Crippen molar-refractivity contribution in [1.29, 1.82) is 0 Å². The zero-order chi connectivity index (χ0) is 40.6. The van der Waals surface area contributed by atoms with Gasteiger partial charge in [-0.1, -0.05) is 153 Å². The van der Waals surface area contributed by atoms with E-state index in [4.69, 9.17) is 4.42 Å². The molecule has 0 saturated carbocycles. The number of nitrogens with zero attached hydrogens (tertiary/aromatic N) is 1. The summed E-state index contributed by atoms with van der Waals surface area (Å²) in [6, 6.07) is 68.9. The Labute approximate surface area is 353 Å². The van der Waals surface area contributed by atoms with Crippen molar-refractivity contribution in [2.24, 2.45) is 0 Å². The van der Waals surface area contributed by atoms with Crippen molar-refractivity contribution in [2.45, 2.75) is 24.7 Å². The minimum atomic E-state index is -0.785. The molecule has 0 aliphatic heterocycles. The summed E-state index contributed by atoms with van der Waals surface area (Å²) in [5.74, 6) is -0.246. The summed E-state index contributed by atoms with van der Waals surface area (Å²) >= 11 is 0. The van der Waals surface area contributed by atoms with Crippen LogP contribution < -0.4 is 4.90 Å². The van der Waals surface area contributed by atoms with Gasteiger partial charge in [-0.05, 0) is 127 Å². The van der Waals surface area contributed by atoms with E-state index < -0.39 is 5.41 Å². The highest BCUT2D eigenvalue weighted by Gasteiger charge is 2.53. The number of furan rings is 1. The third-order valence-electron chi connectivity index (χ3n) is 14.0. The first kappa shape index (κ1) is 34.4. The van der Waals surface area contributed by atoms with Gasteiger partial charge in [-0.3, -0.25) is 0 Å². The summed E-state index contributed by atoms with van der Waals surface area (Å²) in [5.41, 5.74) is 20.2. The van der Waals surface area contributed by atoms with Gasteiger partial charge in [0.2, 0.25) is 0 Å². The fraction of sp³-hybridized carbons (Fsp3) is 0.0690. The van der Waals surface area contributed by atoms with Crippen molar-refractivity contribution in [3.8, 4) is 44.5 Å². The van der Waals surface area contributed by atoms with Crippen molar-refractivity contribution in [3.05, 3.63) is 233 Å². The topological polar surface area (TPSA) is 16.4 Å². The second kappa shape index (κ2) is 12.3. The molecule has 0 N–H and O–H groups in total. The van der Waals surface area contributed by atoms with Gasteiger partial charge in [0.25, 0.3) is 0 Å². The van der Waals surface area contributed by atoms with Crippen molar-refractivity contribution in [2.75, 3.05) is 4.90 Å². The fourth-order valence-corrected chi connectivity index (χ4v) is 11.3. The number of para-hydroxylation sites is 1. The maximum Gasteiger partial charge on any atom is 0.143 e. The maximum absolute atomic E-state index is 15.8. The Morgan fingerprint density at radius 1 is 0.410 bits per heavy atom. The van der Waals surface area contributed by atoms with E-state index in [1.54, 1.807) is 12.1 Å². The van der Waals surface area contributed by atoms with E-state index in [1.807, 2.05) is 18.2 Å². The lowest BCUT2D eigenvalue weighted by molar-refractivity contribution is 0.622. The van der Waals surface area contributed by atoms with Gasteiger partial charge in [0.15, 0.2) is 0 Å². The van der Waals surface area contributed by atoms with E-state index in [2.05, 4.69) is 183 Å². The van der Waals surface area contributed by atoms with Crippen LogP contribution in [0.4, 0.5) is 21.5 Å². The number of hydrogen-bond acceptors (Lipinski definition) is 2. The minimum absolute atomic E-state index is 0.173. The van der Waals surface area contributed by atoms with Crippen LogP contribution in [0, 0.1) is 5.82 Å². The lowest BCUT2D eigenvalue weighted by Gasteiger charge is -2.32. The number of halogens is 1. The normalized spacial score (nSPS) is 16.0. The Hall–Kier alpha value is -7.49. The lowest BCUT2D eigenvalue weighted by Crippen LogP contribution is -2.26. The highest BCUT2D eigenvalue weighted by atomic mass is 19.1. The van der Waals surface area contributed by atoms with Crippen LogP contribution in [0.3, 0.4) is 0 Å². The third kappa shape index (κ3) is 4.55. The molecule has 2 nitrogen and oxygen atoms in total. The Kier molecular flexibility index (Phi) is 6.92. The number of rotatable bonds is 4. The summed E-state index contributed by atoms with van der Waals surface area (Å²) in [6.45, 7) is 4.67. The van der Waals surface area contributed by atoms with Gasteiger partial charge >= 0.3 is 0 Å². The minimum Gasteiger partial charge on any atom is -0.455 e. The van der Waals surface area contributed by atoms with E-state index in [9.17, 15) is 0 Å². The monoisotopic (exact) mass is 783 g/mol. The summed E-state index contributed by atoms with van der Waals surface area (Å²) in [4.78, 5) is 2.40. The summed E-state index contributed by atoms with van der Waals surface area (Å²) < 4.78 is 22.6. The van der Waals surface area contributed by atoms with Crippen LogP contribution in [0.5, 0.6) is 0 Å². The molecule has 1 spiro atoms. The van der Waals surface area contributed by atoms with Gasteiger partial charge in [-0.15, -0.1) is 0 Å². The van der Waals surface area contributed by atoms with Crippen molar-refractivity contribution in [1.82, 2.24) is 0 Å². The van der Waals surface area contributed by atoms with E-state index in [-0.39, 0.29) is 11.2 Å². The fourth-order valence-electron chi connectivity index (χ4n) is 11.3. The van der Waals surface area contributed by atoms with E-state index in [0.717, 1.165) is 89.1 Å². The molecular weight excluding hydrogens is 746 g/mol. The first-order chi connectivity index (χ1) is 29.9. The highest BCUT2D eigenvalue weighted by Crippen LogP contribution is 2.65. The molecular formula is C58H38FNO. The van der Waals surface area contributed by atoms with Crippen LogP contribution in [0.1, 0.15) is 47.2 Å². The molecule has 288 valence electrons. The number of fused-ring (bicyclic) bond motifs is 17. The zero-order valence-corrected chi connectivity index (χ0v) is 33.7. The van der Waals surface area contributed by atoms with Crippen LogP contribution in [0.25, 0.3) is 66.4 Å². The molecule has 1 atom stereocenters.